The Labute approximate surface area is 414 Å². The van der Waals surface area contributed by atoms with Gasteiger partial charge in [0.15, 0.2) is 11.6 Å². The minimum atomic E-state index is -0.0101. The van der Waals surface area contributed by atoms with Crippen molar-refractivity contribution < 1.29 is 25.8 Å². The third-order valence-corrected chi connectivity index (χ3v) is 12.4. The maximum atomic E-state index is 6.99. The van der Waals surface area contributed by atoms with Gasteiger partial charge in [0.05, 0.1) is 0 Å². The summed E-state index contributed by atoms with van der Waals surface area (Å²) >= 11 is 0. The Bertz CT molecular complexity index is 3210. The van der Waals surface area contributed by atoms with Gasteiger partial charge in [-0.05, 0) is 86.6 Å². The number of benzene rings is 6. The Morgan fingerprint density at radius 1 is 0.529 bits per heavy atom. The van der Waals surface area contributed by atoms with Crippen molar-refractivity contribution in [2.45, 2.75) is 78.6 Å². The summed E-state index contributed by atoms with van der Waals surface area (Å²) in [4.78, 5) is 24.6. The molecule has 344 valence electrons. The van der Waals surface area contributed by atoms with Crippen LogP contribution in [0.4, 0.5) is 11.4 Å². The molecule has 0 bridgehead atoms. The van der Waals surface area contributed by atoms with E-state index in [1.807, 2.05) is 72.6 Å². The molecule has 0 saturated heterocycles. The summed E-state index contributed by atoms with van der Waals surface area (Å²) in [5.41, 5.74) is 9.93. The molecule has 1 aliphatic heterocycles. The van der Waals surface area contributed by atoms with Gasteiger partial charge in [-0.1, -0.05) is 153 Å². The fourth-order valence-electron chi connectivity index (χ4n) is 8.42. The predicted molar refractivity (Wildman–Crippen MR) is 273 cm³/mol. The van der Waals surface area contributed by atoms with Crippen LogP contribution in [0.2, 0.25) is 0 Å². The molecule has 0 aliphatic carbocycles. The Morgan fingerprint density at radius 3 is 1.68 bits per heavy atom. The van der Waals surface area contributed by atoms with Gasteiger partial charge < -0.3 is 19.1 Å². The molecule has 0 amide bonds. The number of pyridine rings is 1. The van der Waals surface area contributed by atoms with Crippen LogP contribution in [0.25, 0.3) is 61.8 Å². The number of fused-ring (bicyclic) bond motifs is 3. The van der Waals surface area contributed by atoms with E-state index in [1.54, 1.807) is 0 Å². The molecule has 3 aromatic heterocycles. The average molecular weight is 1070 g/mol. The van der Waals surface area contributed by atoms with E-state index in [0.717, 1.165) is 50.1 Å². The fraction of sp³-hybridized carbons (Fsp3) is 0.203. The number of rotatable bonds is 8. The first-order valence-electron chi connectivity index (χ1n) is 22.9. The smallest absolute Gasteiger partial charge is 0.162 e. The fourth-order valence-corrected chi connectivity index (χ4v) is 8.42. The first-order valence-corrected chi connectivity index (χ1v) is 22.9. The van der Waals surface area contributed by atoms with Crippen LogP contribution in [0.15, 0.2) is 158 Å². The number of nitrogens with zero attached hydrogens (tertiary/aromatic N) is 7. The normalized spacial score (nSPS) is 13.1. The molecular weight excluding hydrogens is 1020 g/mol. The largest absolute Gasteiger partial charge is 0.508 e. The third kappa shape index (κ3) is 9.22. The number of hydrogen-bond acceptors (Lipinski definition) is 7. The summed E-state index contributed by atoms with van der Waals surface area (Å²) in [6.07, 6.45) is 5.88. The SMILES string of the molecule is CC(C)(C)c1ccc(-c2nc(-c3ccc(C(C)(C)C)cc3)nc(-c3cc4c5ccccc5n(-c5ccccn5)c4[c-]c3Oc3[c-]c(N4C=CN(c5ccc(C(C)(C)C)cc5)[CH-]4)ccc3)n2)cc1.[Pt]. The molecule has 0 unspecified atom stereocenters. The van der Waals surface area contributed by atoms with Gasteiger partial charge in [-0.15, -0.1) is 48.1 Å². The summed E-state index contributed by atoms with van der Waals surface area (Å²) in [7, 11) is 0. The molecule has 10 rings (SSSR count). The first-order chi connectivity index (χ1) is 32.1. The van der Waals surface area contributed by atoms with Crippen molar-refractivity contribution >= 4 is 33.2 Å². The number of hydrogen-bond donors (Lipinski definition) is 0. The van der Waals surface area contributed by atoms with E-state index in [1.165, 1.54) is 16.7 Å². The van der Waals surface area contributed by atoms with Crippen LogP contribution in [0.5, 0.6) is 11.5 Å². The zero-order valence-corrected chi connectivity index (χ0v) is 42.2. The van der Waals surface area contributed by atoms with Gasteiger partial charge in [-0.25, -0.2) is 19.9 Å². The predicted octanol–water partition coefficient (Wildman–Crippen LogP) is 14.6. The van der Waals surface area contributed by atoms with Gasteiger partial charge in [0.2, 0.25) is 0 Å². The van der Waals surface area contributed by atoms with Crippen molar-refractivity contribution in [1.82, 2.24) is 24.5 Å². The zero-order valence-electron chi connectivity index (χ0n) is 39.9. The summed E-state index contributed by atoms with van der Waals surface area (Å²) in [6, 6.07) is 55.4. The maximum Gasteiger partial charge on any atom is 0.162 e. The van der Waals surface area contributed by atoms with Crippen LogP contribution in [0, 0.1) is 18.8 Å². The van der Waals surface area contributed by atoms with E-state index in [-0.39, 0.29) is 37.3 Å². The zero-order chi connectivity index (χ0) is 46.7. The molecule has 9 aromatic rings. The number of ether oxygens (including phenoxy) is 1. The Hall–Kier alpha value is -6.89. The molecule has 4 heterocycles. The van der Waals surface area contributed by atoms with Crippen LogP contribution in [0.3, 0.4) is 0 Å². The average Bonchev–Trinajstić information content (AvgIpc) is 3.95. The van der Waals surface area contributed by atoms with Crippen molar-refractivity contribution in [1.29, 1.82) is 0 Å². The Kier molecular flexibility index (Phi) is 12.2. The first kappa shape index (κ1) is 46.2. The molecule has 0 saturated carbocycles. The topological polar surface area (TPSA) is 72.2 Å². The van der Waals surface area contributed by atoms with E-state index in [4.69, 9.17) is 24.7 Å². The second kappa shape index (κ2) is 18.0. The minimum Gasteiger partial charge on any atom is -0.508 e. The summed E-state index contributed by atoms with van der Waals surface area (Å²) in [5.74, 6) is 3.30. The molecule has 8 nitrogen and oxygen atoms in total. The van der Waals surface area contributed by atoms with E-state index in [0.29, 0.717) is 34.5 Å². The second-order valence-corrected chi connectivity index (χ2v) is 20.3. The van der Waals surface area contributed by atoms with Gasteiger partial charge in [0, 0.05) is 61.1 Å². The minimum absolute atomic E-state index is 0. The van der Waals surface area contributed by atoms with Crippen molar-refractivity contribution in [3.63, 3.8) is 0 Å². The summed E-state index contributed by atoms with van der Waals surface area (Å²) < 4.78 is 9.12. The number of anilines is 2. The third-order valence-electron chi connectivity index (χ3n) is 12.4. The van der Waals surface area contributed by atoms with Crippen LogP contribution >= 0.6 is 0 Å². The summed E-state index contributed by atoms with van der Waals surface area (Å²) in [5, 5.41) is 2.00. The molecule has 0 N–H and O–H groups in total. The maximum absolute atomic E-state index is 6.99. The van der Waals surface area contributed by atoms with Gasteiger partial charge >= 0.3 is 0 Å². The molecule has 0 atom stereocenters. The summed E-state index contributed by atoms with van der Waals surface area (Å²) in [6.45, 7) is 22.0. The monoisotopic (exact) mass is 1070 g/mol. The van der Waals surface area contributed by atoms with Crippen LogP contribution in [-0.2, 0) is 37.3 Å². The Balaban J connectivity index is 0.00000578. The van der Waals surface area contributed by atoms with E-state index in [9.17, 15) is 0 Å². The molecule has 0 radical (unpaired) electrons. The number of aromatic nitrogens is 5. The number of para-hydroxylation sites is 1. The van der Waals surface area contributed by atoms with Gasteiger partial charge in [0.25, 0.3) is 0 Å². The molecule has 0 spiro atoms. The van der Waals surface area contributed by atoms with Crippen LogP contribution in [-0.4, -0.2) is 24.5 Å². The van der Waals surface area contributed by atoms with E-state index < -0.39 is 0 Å². The van der Waals surface area contributed by atoms with Gasteiger partial charge in [-0.3, -0.25) is 0 Å². The standard InChI is InChI=1S/C59H54N7O.Pt/c1-57(2,3)41-24-20-39(21-25-41)54-61-55(40-22-26-42(27-23-40)58(4,5)6)63-56(62-54)49-36-48-47-17-10-11-18-50(47)66(53-19-12-13-32-60-53)51(48)37-52(49)67-46-16-14-15-45(35-46)65-34-33-64(38-65)44-30-28-43(29-31-44)59(7,8)9;/h10-34,36,38H,1-9H3;/q-3;. The quantitative estimate of drug-likeness (QED) is 0.140. The molecule has 68 heavy (non-hydrogen) atoms. The van der Waals surface area contributed by atoms with Crippen molar-refractivity contribution in [3.05, 3.63) is 194 Å². The second-order valence-electron chi connectivity index (χ2n) is 20.3. The Morgan fingerprint density at radius 2 is 1.09 bits per heavy atom. The van der Waals surface area contributed by atoms with Crippen molar-refractivity contribution in [2.24, 2.45) is 0 Å². The van der Waals surface area contributed by atoms with E-state index >= 15 is 0 Å². The molecule has 0 fully saturated rings. The van der Waals surface area contributed by atoms with E-state index in [2.05, 4.69) is 181 Å². The molecule has 6 aromatic carbocycles. The van der Waals surface area contributed by atoms with Crippen molar-refractivity contribution in [3.8, 4) is 51.5 Å². The molecule has 1 aliphatic rings. The van der Waals surface area contributed by atoms with Crippen LogP contribution in [0.1, 0.15) is 79.0 Å². The van der Waals surface area contributed by atoms with Crippen molar-refractivity contribution in [2.75, 3.05) is 9.80 Å². The van der Waals surface area contributed by atoms with Gasteiger partial charge in [0.1, 0.15) is 11.6 Å². The van der Waals surface area contributed by atoms with Crippen LogP contribution < -0.4 is 14.5 Å². The van der Waals surface area contributed by atoms with Gasteiger partial charge in [-0.2, -0.15) is 6.07 Å². The molecular formula is C59H54N7OPt-3. The molecule has 9 heteroatoms.